The molecule has 0 unspecified atom stereocenters. The Morgan fingerprint density at radius 2 is 1.47 bits per heavy atom. The minimum atomic E-state index is 0.217. The van der Waals surface area contributed by atoms with Crippen LogP contribution in [0.25, 0.3) is 0 Å². The Morgan fingerprint density at radius 1 is 0.889 bits per heavy atom. The molecule has 2 N–H and O–H groups in total. The summed E-state index contributed by atoms with van der Waals surface area (Å²) in [5, 5.41) is 7.07. The molecule has 0 bridgehead atoms. The molecule has 3 aliphatic rings. The minimum absolute atomic E-state index is 0.217. The number of thiocarbonyl (C=S) groups is 1. The van der Waals surface area contributed by atoms with Crippen LogP contribution in [0.4, 0.5) is 17.6 Å². The van der Waals surface area contributed by atoms with Crippen LogP contribution in [0, 0.1) is 0 Å². The second kappa shape index (κ2) is 10.4. The second-order valence-electron chi connectivity index (χ2n) is 9.76. The van der Waals surface area contributed by atoms with Gasteiger partial charge < -0.3 is 25.2 Å². The van der Waals surface area contributed by atoms with Gasteiger partial charge in [-0.2, -0.15) is 9.97 Å². The van der Waals surface area contributed by atoms with E-state index < -0.39 is 0 Å². The van der Waals surface area contributed by atoms with Crippen molar-refractivity contribution in [2.75, 3.05) is 41.4 Å². The lowest BCUT2D eigenvalue weighted by Gasteiger charge is -2.33. The van der Waals surface area contributed by atoms with Crippen molar-refractivity contribution in [3.8, 4) is 0 Å². The van der Waals surface area contributed by atoms with Crippen LogP contribution in [-0.2, 0) is 30.7 Å². The molecule has 1 aromatic heterocycles. The van der Waals surface area contributed by atoms with E-state index in [0.29, 0.717) is 17.6 Å². The number of rotatable bonds is 5. The molecular formula is C28H32N6OS. The zero-order valence-corrected chi connectivity index (χ0v) is 21.3. The van der Waals surface area contributed by atoms with E-state index in [4.69, 9.17) is 26.9 Å². The molecule has 0 saturated carbocycles. The van der Waals surface area contributed by atoms with Gasteiger partial charge in [-0.15, -0.1) is 0 Å². The van der Waals surface area contributed by atoms with E-state index in [1.54, 1.807) is 0 Å². The summed E-state index contributed by atoms with van der Waals surface area (Å²) in [7, 11) is 0. The van der Waals surface area contributed by atoms with Crippen molar-refractivity contribution in [1.82, 2.24) is 15.3 Å². The van der Waals surface area contributed by atoms with E-state index in [9.17, 15) is 0 Å². The molecule has 36 heavy (non-hydrogen) atoms. The quantitative estimate of drug-likeness (QED) is 0.509. The van der Waals surface area contributed by atoms with Gasteiger partial charge in [0, 0.05) is 45.4 Å². The zero-order valence-electron chi connectivity index (χ0n) is 20.4. The summed E-state index contributed by atoms with van der Waals surface area (Å²) in [5.74, 6) is 2.39. The summed E-state index contributed by atoms with van der Waals surface area (Å²) in [6.07, 6.45) is 4.42. The second-order valence-corrected chi connectivity index (χ2v) is 10.2. The van der Waals surface area contributed by atoms with Crippen LogP contribution in [0.1, 0.15) is 35.1 Å². The topological polar surface area (TPSA) is 65.6 Å². The van der Waals surface area contributed by atoms with Crippen LogP contribution in [-0.4, -0.2) is 47.4 Å². The van der Waals surface area contributed by atoms with Gasteiger partial charge in [0.05, 0.1) is 6.10 Å². The predicted molar refractivity (Wildman–Crippen MR) is 148 cm³/mol. The first-order chi connectivity index (χ1) is 17.7. The van der Waals surface area contributed by atoms with Crippen LogP contribution in [0.15, 0.2) is 54.6 Å². The number of anilines is 3. The summed E-state index contributed by atoms with van der Waals surface area (Å²) in [6.45, 7) is 5.07. The van der Waals surface area contributed by atoms with Crippen molar-refractivity contribution < 1.29 is 4.74 Å². The molecule has 0 radical (unpaired) electrons. The average Bonchev–Trinajstić information content (AvgIpc) is 3.45. The van der Waals surface area contributed by atoms with Gasteiger partial charge in [0.1, 0.15) is 11.6 Å². The lowest BCUT2D eigenvalue weighted by molar-refractivity contribution is 0.114. The molecule has 4 heterocycles. The van der Waals surface area contributed by atoms with Crippen molar-refractivity contribution in [3.63, 3.8) is 0 Å². The molecule has 0 aliphatic carbocycles. The first-order valence-electron chi connectivity index (χ1n) is 12.9. The van der Waals surface area contributed by atoms with Gasteiger partial charge in [-0.25, -0.2) is 0 Å². The SMILES string of the molecule is S=C(NC[C@H]1CCCO1)Nc1nc(N2CCc3ccccc3C2)cc(N2CCc3ccccc3C2)n1. The Balaban J connectivity index is 1.25. The summed E-state index contributed by atoms with van der Waals surface area (Å²) in [6, 6.07) is 19.5. The van der Waals surface area contributed by atoms with Crippen molar-refractivity contribution in [3.05, 3.63) is 76.9 Å². The third-order valence-corrected chi connectivity index (χ3v) is 7.59. The molecule has 0 amide bonds. The normalized spacial score (nSPS) is 18.9. The largest absolute Gasteiger partial charge is 0.376 e. The van der Waals surface area contributed by atoms with Crippen molar-refractivity contribution in [2.45, 2.75) is 44.9 Å². The van der Waals surface area contributed by atoms with Crippen LogP contribution >= 0.6 is 12.2 Å². The molecule has 7 nitrogen and oxygen atoms in total. The lowest BCUT2D eigenvalue weighted by Crippen LogP contribution is -2.36. The van der Waals surface area contributed by atoms with Gasteiger partial charge in [-0.3, -0.25) is 0 Å². The molecule has 186 valence electrons. The van der Waals surface area contributed by atoms with E-state index in [0.717, 1.165) is 70.1 Å². The third kappa shape index (κ3) is 5.15. The summed E-state index contributed by atoms with van der Waals surface area (Å²) >= 11 is 5.59. The highest BCUT2D eigenvalue weighted by molar-refractivity contribution is 7.80. The van der Waals surface area contributed by atoms with E-state index in [1.165, 1.54) is 22.3 Å². The molecule has 1 atom stereocenters. The summed E-state index contributed by atoms with van der Waals surface area (Å²) in [5.41, 5.74) is 5.57. The highest BCUT2D eigenvalue weighted by Crippen LogP contribution is 2.29. The van der Waals surface area contributed by atoms with Crippen LogP contribution in [0.3, 0.4) is 0 Å². The van der Waals surface area contributed by atoms with Crippen molar-refractivity contribution in [1.29, 1.82) is 0 Å². The van der Waals surface area contributed by atoms with Crippen molar-refractivity contribution >= 4 is 34.9 Å². The predicted octanol–water partition coefficient (Wildman–Crippen LogP) is 4.07. The lowest BCUT2D eigenvalue weighted by atomic mass is 9.99. The summed E-state index contributed by atoms with van der Waals surface area (Å²) < 4.78 is 5.71. The Morgan fingerprint density at radius 3 is 2.03 bits per heavy atom. The fraction of sp³-hybridized carbons (Fsp3) is 0.393. The zero-order chi connectivity index (χ0) is 24.3. The Hall–Kier alpha value is -3.23. The number of aromatic nitrogens is 2. The molecular weight excluding hydrogens is 468 g/mol. The average molecular weight is 501 g/mol. The van der Waals surface area contributed by atoms with Gasteiger partial charge in [0.15, 0.2) is 5.11 Å². The molecule has 3 aromatic rings. The van der Waals surface area contributed by atoms with E-state index in [1.807, 2.05) is 0 Å². The third-order valence-electron chi connectivity index (χ3n) is 7.35. The van der Waals surface area contributed by atoms with E-state index in [-0.39, 0.29) is 6.10 Å². The van der Waals surface area contributed by atoms with Crippen LogP contribution in [0.5, 0.6) is 0 Å². The van der Waals surface area contributed by atoms with Gasteiger partial charge >= 0.3 is 0 Å². The molecule has 1 fully saturated rings. The van der Waals surface area contributed by atoms with Crippen molar-refractivity contribution in [2.24, 2.45) is 0 Å². The highest BCUT2D eigenvalue weighted by atomic mass is 32.1. The molecule has 0 spiro atoms. The van der Waals surface area contributed by atoms with Gasteiger partial charge in [-0.1, -0.05) is 48.5 Å². The number of hydrogen-bond donors (Lipinski definition) is 2. The number of hydrogen-bond acceptors (Lipinski definition) is 6. The minimum Gasteiger partial charge on any atom is -0.376 e. The summed E-state index contributed by atoms with van der Waals surface area (Å²) in [4.78, 5) is 14.5. The monoisotopic (exact) mass is 500 g/mol. The molecule has 1 saturated heterocycles. The molecule has 8 heteroatoms. The maximum Gasteiger partial charge on any atom is 0.232 e. The Kier molecular flexibility index (Phi) is 6.70. The fourth-order valence-corrected chi connectivity index (χ4v) is 5.52. The number of nitrogens with zero attached hydrogens (tertiary/aromatic N) is 4. The number of nitrogens with one attached hydrogen (secondary N) is 2. The fourth-order valence-electron chi connectivity index (χ4n) is 5.34. The number of benzene rings is 2. The highest BCUT2D eigenvalue weighted by Gasteiger charge is 2.23. The van der Waals surface area contributed by atoms with Crippen LogP contribution < -0.4 is 20.4 Å². The smallest absolute Gasteiger partial charge is 0.232 e. The van der Waals surface area contributed by atoms with E-state index in [2.05, 4.69) is 75.0 Å². The Labute approximate surface area is 217 Å². The first-order valence-corrected chi connectivity index (χ1v) is 13.3. The maximum absolute atomic E-state index is 5.71. The molecule has 3 aliphatic heterocycles. The van der Waals surface area contributed by atoms with Gasteiger partial charge in [0.25, 0.3) is 0 Å². The number of ether oxygens (including phenoxy) is 1. The van der Waals surface area contributed by atoms with E-state index >= 15 is 0 Å². The number of fused-ring (bicyclic) bond motifs is 2. The van der Waals surface area contributed by atoms with Gasteiger partial charge in [0.2, 0.25) is 5.95 Å². The molecule has 2 aromatic carbocycles. The Bertz CT molecular complexity index is 1170. The van der Waals surface area contributed by atoms with Crippen LogP contribution in [0.2, 0.25) is 0 Å². The molecule has 6 rings (SSSR count). The first kappa shape index (κ1) is 23.2. The van der Waals surface area contributed by atoms with Gasteiger partial charge in [-0.05, 0) is 60.2 Å². The standard InChI is InChI=1S/C28H32N6OS/c36-28(29-17-24-10-5-15-35-24)32-27-30-25(33-13-11-20-6-1-3-8-22(20)18-33)16-26(31-27)34-14-12-21-7-2-4-9-23(21)19-34/h1-4,6-9,16,24H,5,10-15,17-19H2,(H2,29,30,31,32,36)/t24-/m1/s1. The maximum atomic E-state index is 5.71.